The Balaban J connectivity index is 4.40. The molecule has 0 aromatic carbocycles. The summed E-state index contributed by atoms with van der Waals surface area (Å²) in [7, 11) is 0. The Morgan fingerprint density at radius 2 is 0.683 bits per heavy atom. The Morgan fingerprint density at radius 1 is 0.349 bits per heavy atom. The number of allylic oxidation sites excluding steroid dienone is 10. The molecule has 1 unspecified atom stereocenters. The molecule has 0 aromatic rings. The number of carbonyl (C=O) groups is 3. The quantitative estimate of drug-likeness (QED) is 0.0199. The molecular formula is C57H100O6. The highest BCUT2D eigenvalue weighted by Gasteiger charge is 2.19. The van der Waals surface area contributed by atoms with E-state index in [0.29, 0.717) is 19.3 Å². The topological polar surface area (TPSA) is 78.9 Å². The zero-order valence-corrected chi connectivity index (χ0v) is 41.6. The predicted molar refractivity (Wildman–Crippen MR) is 270 cm³/mol. The fraction of sp³-hybridized carbons (Fsp3) is 0.772. The van der Waals surface area contributed by atoms with Crippen LogP contribution in [-0.4, -0.2) is 37.2 Å². The third-order valence-electron chi connectivity index (χ3n) is 11.6. The normalized spacial score (nSPS) is 12.5. The van der Waals surface area contributed by atoms with Gasteiger partial charge in [-0.3, -0.25) is 14.4 Å². The summed E-state index contributed by atoms with van der Waals surface area (Å²) in [6, 6.07) is 0. The summed E-state index contributed by atoms with van der Waals surface area (Å²) < 4.78 is 16.8. The molecule has 0 aliphatic heterocycles. The molecule has 0 rings (SSSR count). The van der Waals surface area contributed by atoms with Crippen LogP contribution in [-0.2, 0) is 28.6 Å². The summed E-state index contributed by atoms with van der Waals surface area (Å²) in [6.45, 7) is 6.50. The van der Waals surface area contributed by atoms with Crippen molar-refractivity contribution in [3.63, 3.8) is 0 Å². The minimum absolute atomic E-state index is 0.0867. The fourth-order valence-corrected chi connectivity index (χ4v) is 7.54. The molecule has 1 atom stereocenters. The van der Waals surface area contributed by atoms with Gasteiger partial charge in [0.25, 0.3) is 0 Å². The van der Waals surface area contributed by atoms with Crippen LogP contribution in [0.15, 0.2) is 60.8 Å². The maximum atomic E-state index is 12.8. The highest BCUT2D eigenvalue weighted by molar-refractivity contribution is 5.71. The second kappa shape index (κ2) is 51.7. The lowest BCUT2D eigenvalue weighted by atomic mass is 10.0. The first-order chi connectivity index (χ1) is 31.0. The number of rotatable bonds is 48. The lowest BCUT2D eigenvalue weighted by Gasteiger charge is -2.18. The molecule has 0 spiro atoms. The minimum atomic E-state index is -0.786. The number of esters is 3. The van der Waals surface area contributed by atoms with Gasteiger partial charge in [0.05, 0.1) is 0 Å². The second-order valence-electron chi connectivity index (χ2n) is 17.8. The SMILES string of the molecule is CC/C=C\C/C=C\CCCCCCCC(=O)OCC(COC(=O)CCCCCCC\C=C/C=C\C=C/CCCCCCC)OC(=O)CCCCCCCCCCCCCCCCC. The maximum absolute atomic E-state index is 12.8. The summed E-state index contributed by atoms with van der Waals surface area (Å²) in [4.78, 5) is 38.0. The van der Waals surface area contributed by atoms with Crippen molar-refractivity contribution in [1.82, 2.24) is 0 Å². The molecule has 0 N–H and O–H groups in total. The number of hydrogen-bond acceptors (Lipinski definition) is 6. The van der Waals surface area contributed by atoms with Crippen LogP contribution >= 0.6 is 0 Å². The molecule has 364 valence electrons. The lowest BCUT2D eigenvalue weighted by Crippen LogP contribution is -2.30. The Labute approximate surface area is 390 Å². The predicted octanol–water partition coefficient (Wildman–Crippen LogP) is 17.6. The molecule has 6 nitrogen and oxygen atoms in total. The first-order valence-corrected chi connectivity index (χ1v) is 26.8. The zero-order valence-electron chi connectivity index (χ0n) is 41.6. The van der Waals surface area contributed by atoms with Crippen molar-refractivity contribution in [2.45, 2.75) is 271 Å². The number of unbranched alkanes of at least 4 members (excludes halogenated alkanes) is 29. The van der Waals surface area contributed by atoms with Crippen molar-refractivity contribution in [1.29, 1.82) is 0 Å². The standard InChI is InChI=1S/C57H100O6/c1-4-7-10-13-16-19-22-25-27-28-29-31-32-35-38-41-44-47-50-56(59)62-53-54(52-61-55(58)49-46-43-40-37-34-24-21-18-15-12-9-6-3)63-57(60)51-48-45-42-39-36-33-30-26-23-20-17-14-11-8-5-2/h9,12,18,21-22,25,27-29,31,54H,4-8,10-11,13-17,19-20,23-24,26,30,32-53H2,1-3H3/b12-9-,21-18-,25-22-,28-27-,31-29-. The van der Waals surface area contributed by atoms with E-state index in [2.05, 4.69) is 81.5 Å². The van der Waals surface area contributed by atoms with Gasteiger partial charge in [-0.2, -0.15) is 0 Å². The van der Waals surface area contributed by atoms with Gasteiger partial charge in [-0.05, 0) is 70.6 Å². The first-order valence-electron chi connectivity index (χ1n) is 26.8. The van der Waals surface area contributed by atoms with Gasteiger partial charge in [0, 0.05) is 19.3 Å². The monoisotopic (exact) mass is 881 g/mol. The molecule has 0 aromatic heterocycles. The molecule has 63 heavy (non-hydrogen) atoms. The van der Waals surface area contributed by atoms with Gasteiger partial charge in [0.1, 0.15) is 13.2 Å². The molecule has 0 bridgehead atoms. The third kappa shape index (κ3) is 50.0. The average Bonchev–Trinajstić information content (AvgIpc) is 3.28. The van der Waals surface area contributed by atoms with Crippen LogP contribution in [0.3, 0.4) is 0 Å². The van der Waals surface area contributed by atoms with Crippen molar-refractivity contribution >= 4 is 17.9 Å². The summed E-state index contributed by atoms with van der Waals surface area (Å²) in [5.41, 5.74) is 0. The van der Waals surface area contributed by atoms with E-state index in [1.165, 1.54) is 116 Å². The van der Waals surface area contributed by atoms with Crippen molar-refractivity contribution < 1.29 is 28.6 Å². The van der Waals surface area contributed by atoms with Gasteiger partial charge < -0.3 is 14.2 Å². The van der Waals surface area contributed by atoms with E-state index in [4.69, 9.17) is 14.2 Å². The summed E-state index contributed by atoms with van der Waals surface area (Å²) in [5, 5.41) is 0. The molecule has 0 heterocycles. The molecular weight excluding hydrogens is 781 g/mol. The smallest absolute Gasteiger partial charge is 0.306 e. The van der Waals surface area contributed by atoms with Crippen molar-refractivity contribution in [2.24, 2.45) is 0 Å². The van der Waals surface area contributed by atoms with Gasteiger partial charge in [-0.1, -0.05) is 236 Å². The maximum Gasteiger partial charge on any atom is 0.306 e. The Kier molecular flexibility index (Phi) is 49.4. The van der Waals surface area contributed by atoms with Crippen molar-refractivity contribution in [3.05, 3.63) is 60.8 Å². The van der Waals surface area contributed by atoms with E-state index in [1.54, 1.807) is 0 Å². The molecule has 0 fully saturated rings. The second-order valence-corrected chi connectivity index (χ2v) is 17.8. The largest absolute Gasteiger partial charge is 0.462 e. The Morgan fingerprint density at radius 3 is 1.08 bits per heavy atom. The first kappa shape index (κ1) is 60.1. The van der Waals surface area contributed by atoms with Gasteiger partial charge in [-0.15, -0.1) is 0 Å². The zero-order chi connectivity index (χ0) is 45.8. The Hall–Kier alpha value is -2.89. The number of ether oxygens (including phenoxy) is 3. The fourth-order valence-electron chi connectivity index (χ4n) is 7.54. The molecule has 0 aliphatic carbocycles. The van der Waals surface area contributed by atoms with Gasteiger partial charge in [0.15, 0.2) is 6.10 Å². The molecule has 6 heteroatoms. The van der Waals surface area contributed by atoms with E-state index < -0.39 is 6.10 Å². The van der Waals surface area contributed by atoms with Crippen molar-refractivity contribution in [3.8, 4) is 0 Å². The van der Waals surface area contributed by atoms with Crippen LogP contribution in [0.25, 0.3) is 0 Å². The van der Waals surface area contributed by atoms with Crippen LogP contribution in [0.4, 0.5) is 0 Å². The van der Waals surface area contributed by atoms with Gasteiger partial charge in [0.2, 0.25) is 0 Å². The van der Waals surface area contributed by atoms with E-state index >= 15 is 0 Å². The van der Waals surface area contributed by atoms with Crippen LogP contribution in [0.1, 0.15) is 265 Å². The Bertz CT molecular complexity index is 1150. The summed E-state index contributed by atoms with van der Waals surface area (Å²) in [6.07, 6.45) is 63.5. The third-order valence-corrected chi connectivity index (χ3v) is 11.6. The molecule has 0 saturated carbocycles. The molecule has 0 amide bonds. The molecule has 0 radical (unpaired) electrons. The van der Waals surface area contributed by atoms with Gasteiger partial charge in [-0.25, -0.2) is 0 Å². The van der Waals surface area contributed by atoms with E-state index in [0.717, 1.165) is 109 Å². The van der Waals surface area contributed by atoms with Crippen LogP contribution in [0, 0.1) is 0 Å². The lowest BCUT2D eigenvalue weighted by molar-refractivity contribution is -0.167. The van der Waals surface area contributed by atoms with E-state index in [1.807, 2.05) is 0 Å². The highest BCUT2D eigenvalue weighted by atomic mass is 16.6. The summed E-state index contributed by atoms with van der Waals surface area (Å²) >= 11 is 0. The van der Waals surface area contributed by atoms with Crippen LogP contribution < -0.4 is 0 Å². The minimum Gasteiger partial charge on any atom is -0.462 e. The van der Waals surface area contributed by atoms with Crippen molar-refractivity contribution in [2.75, 3.05) is 13.2 Å². The van der Waals surface area contributed by atoms with Crippen LogP contribution in [0.2, 0.25) is 0 Å². The average molecular weight is 881 g/mol. The molecule has 0 saturated heterocycles. The van der Waals surface area contributed by atoms with Crippen LogP contribution in [0.5, 0.6) is 0 Å². The van der Waals surface area contributed by atoms with E-state index in [-0.39, 0.29) is 31.1 Å². The summed E-state index contributed by atoms with van der Waals surface area (Å²) in [5.74, 6) is -0.912. The highest BCUT2D eigenvalue weighted by Crippen LogP contribution is 2.15. The van der Waals surface area contributed by atoms with Gasteiger partial charge >= 0.3 is 17.9 Å². The number of carbonyl (C=O) groups excluding carboxylic acids is 3. The van der Waals surface area contributed by atoms with E-state index in [9.17, 15) is 14.4 Å². The molecule has 0 aliphatic rings. The number of hydrogen-bond donors (Lipinski definition) is 0.